The number of nitrogens with one attached hydrogen (secondary N) is 1. The van der Waals surface area contributed by atoms with Crippen molar-refractivity contribution in [2.45, 2.75) is 25.2 Å². The molecule has 0 bridgehead atoms. The van der Waals surface area contributed by atoms with Gasteiger partial charge in [-0.1, -0.05) is 0 Å². The minimum atomic E-state index is -4.72. The molecule has 1 fully saturated rings. The third-order valence-corrected chi connectivity index (χ3v) is 6.48. The van der Waals surface area contributed by atoms with Crippen LogP contribution in [-0.2, 0) is 29.9 Å². The summed E-state index contributed by atoms with van der Waals surface area (Å²) in [6.45, 7) is 2.06. The first-order valence-corrected chi connectivity index (χ1v) is 12.1. The molecular formula is C24H24F6N8O. The Labute approximate surface area is 219 Å². The molecule has 2 aliphatic rings. The summed E-state index contributed by atoms with van der Waals surface area (Å²) in [4.78, 5) is 20.4. The van der Waals surface area contributed by atoms with Gasteiger partial charge in [-0.25, -0.2) is 15.0 Å². The molecule has 0 amide bonds. The van der Waals surface area contributed by atoms with Crippen LogP contribution in [-0.4, -0.2) is 59.3 Å². The van der Waals surface area contributed by atoms with Gasteiger partial charge in [0.2, 0.25) is 5.95 Å². The summed E-state index contributed by atoms with van der Waals surface area (Å²) in [5.41, 5.74) is 4.78. The Balaban J connectivity index is 1.55. The largest absolute Gasteiger partial charge is 0.419 e. The second-order valence-corrected chi connectivity index (χ2v) is 9.01. The summed E-state index contributed by atoms with van der Waals surface area (Å²) < 4.78 is 87.7. The Hall–Kier alpha value is -3.88. The van der Waals surface area contributed by atoms with E-state index in [1.807, 2.05) is 4.90 Å². The van der Waals surface area contributed by atoms with Crippen molar-refractivity contribution in [2.75, 3.05) is 60.2 Å². The van der Waals surface area contributed by atoms with E-state index in [-0.39, 0.29) is 49.3 Å². The number of halogens is 6. The third kappa shape index (κ3) is 5.77. The van der Waals surface area contributed by atoms with Gasteiger partial charge < -0.3 is 25.6 Å². The highest BCUT2D eigenvalue weighted by Gasteiger charge is 2.37. The van der Waals surface area contributed by atoms with Crippen molar-refractivity contribution in [1.29, 1.82) is 0 Å². The Kier molecular flexibility index (Phi) is 7.09. The predicted octanol–water partition coefficient (Wildman–Crippen LogP) is 4.07. The van der Waals surface area contributed by atoms with Crippen LogP contribution in [0, 0.1) is 0 Å². The van der Waals surface area contributed by atoms with Crippen molar-refractivity contribution in [3.63, 3.8) is 0 Å². The number of aromatic nitrogens is 4. The zero-order valence-corrected chi connectivity index (χ0v) is 20.5. The van der Waals surface area contributed by atoms with Crippen LogP contribution in [0.3, 0.4) is 0 Å². The molecule has 208 valence electrons. The topological polar surface area (TPSA) is 105 Å². The summed E-state index contributed by atoms with van der Waals surface area (Å²) in [5.74, 6) is -0.504. The van der Waals surface area contributed by atoms with E-state index in [1.54, 1.807) is 0 Å². The van der Waals surface area contributed by atoms with Gasteiger partial charge in [0.25, 0.3) is 0 Å². The van der Waals surface area contributed by atoms with E-state index < -0.39 is 29.3 Å². The SMILES string of the molecule is Nc1ccc(C(F)(F)F)c(Nc2nc(N3CCOCC3)nc3c2CCN(c2ncccc2C(F)(F)F)CC3)n1. The molecule has 0 radical (unpaired) electrons. The fraction of sp³-hybridized carbons (Fsp3) is 0.417. The fourth-order valence-corrected chi connectivity index (χ4v) is 4.59. The average Bonchev–Trinajstić information content (AvgIpc) is 3.11. The normalized spacial score (nSPS) is 16.6. The Bertz CT molecular complexity index is 1340. The van der Waals surface area contributed by atoms with Gasteiger partial charge in [0, 0.05) is 44.4 Å². The van der Waals surface area contributed by atoms with Crippen molar-refractivity contribution in [3.8, 4) is 0 Å². The first-order chi connectivity index (χ1) is 18.5. The number of ether oxygens (including phenoxy) is 1. The molecule has 5 rings (SSSR count). The lowest BCUT2D eigenvalue weighted by molar-refractivity contribution is -0.138. The van der Waals surface area contributed by atoms with Gasteiger partial charge in [-0.3, -0.25) is 0 Å². The molecular weight excluding hydrogens is 530 g/mol. The van der Waals surface area contributed by atoms with E-state index >= 15 is 0 Å². The van der Waals surface area contributed by atoms with Crippen LogP contribution in [0.1, 0.15) is 22.4 Å². The number of nitrogens with two attached hydrogens (primary N) is 1. The monoisotopic (exact) mass is 554 g/mol. The highest BCUT2D eigenvalue weighted by molar-refractivity contribution is 5.65. The lowest BCUT2D eigenvalue weighted by atomic mass is 10.1. The number of fused-ring (bicyclic) bond motifs is 1. The van der Waals surface area contributed by atoms with E-state index in [0.717, 1.165) is 18.2 Å². The number of anilines is 5. The summed E-state index contributed by atoms with van der Waals surface area (Å²) in [7, 11) is 0. The molecule has 0 aliphatic carbocycles. The van der Waals surface area contributed by atoms with Crippen molar-refractivity contribution >= 4 is 29.2 Å². The Morgan fingerprint density at radius 3 is 2.23 bits per heavy atom. The number of morpholine rings is 1. The van der Waals surface area contributed by atoms with Gasteiger partial charge in [0.1, 0.15) is 23.3 Å². The van der Waals surface area contributed by atoms with Gasteiger partial charge in [0.15, 0.2) is 0 Å². The number of rotatable bonds is 4. The molecule has 0 atom stereocenters. The van der Waals surface area contributed by atoms with E-state index in [9.17, 15) is 26.3 Å². The van der Waals surface area contributed by atoms with Crippen molar-refractivity contribution < 1.29 is 31.1 Å². The smallest absolute Gasteiger partial charge is 0.384 e. The number of alkyl halides is 6. The lowest BCUT2D eigenvalue weighted by Crippen LogP contribution is -2.37. The maximum Gasteiger partial charge on any atom is 0.419 e. The van der Waals surface area contributed by atoms with Gasteiger partial charge in [-0.15, -0.1) is 0 Å². The van der Waals surface area contributed by atoms with E-state index in [2.05, 4.69) is 25.3 Å². The van der Waals surface area contributed by atoms with Gasteiger partial charge in [-0.2, -0.15) is 31.3 Å². The van der Waals surface area contributed by atoms with Crippen molar-refractivity contribution in [3.05, 3.63) is 52.8 Å². The molecule has 0 spiro atoms. The summed E-state index contributed by atoms with van der Waals surface area (Å²) in [5, 5.41) is 2.71. The summed E-state index contributed by atoms with van der Waals surface area (Å²) in [6, 6.07) is 4.07. The number of hydrogen-bond acceptors (Lipinski definition) is 9. The number of pyridine rings is 2. The van der Waals surface area contributed by atoms with Crippen LogP contribution in [0.15, 0.2) is 30.5 Å². The second kappa shape index (κ2) is 10.4. The first kappa shape index (κ1) is 26.7. The second-order valence-electron chi connectivity index (χ2n) is 9.01. The maximum atomic E-state index is 13.7. The zero-order chi connectivity index (χ0) is 27.8. The van der Waals surface area contributed by atoms with Crippen molar-refractivity contribution in [2.24, 2.45) is 0 Å². The summed E-state index contributed by atoms with van der Waals surface area (Å²) in [6.07, 6.45) is -7.67. The molecule has 15 heteroatoms. The van der Waals surface area contributed by atoms with E-state index in [1.165, 1.54) is 17.2 Å². The highest BCUT2D eigenvalue weighted by Crippen LogP contribution is 2.38. The average molecular weight is 554 g/mol. The van der Waals surface area contributed by atoms with Crippen LogP contribution in [0.5, 0.6) is 0 Å². The van der Waals surface area contributed by atoms with Crippen LogP contribution in [0.25, 0.3) is 0 Å². The minimum absolute atomic E-state index is 0.0870. The van der Waals surface area contributed by atoms with Crippen molar-refractivity contribution in [1.82, 2.24) is 19.9 Å². The first-order valence-electron chi connectivity index (χ1n) is 12.1. The third-order valence-electron chi connectivity index (χ3n) is 6.48. The highest BCUT2D eigenvalue weighted by atomic mass is 19.4. The maximum absolute atomic E-state index is 13.7. The van der Waals surface area contributed by atoms with Gasteiger partial charge in [0.05, 0.1) is 30.0 Å². The fourth-order valence-electron chi connectivity index (χ4n) is 4.59. The molecule has 2 aliphatic heterocycles. The number of hydrogen-bond donors (Lipinski definition) is 2. The minimum Gasteiger partial charge on any atom is -0.384 e. The Morgan fingerprint density at radius 2 is 1.51 bits per heavy atom. The van der Waals surface area contributed by atoms with Gasteiger partial charge in [-0.05, 0) is 30.7 Å². The molecule has 3 N–H and O–H groups in total. The molecule has 39 heavy (non-hydrogen) atoms. The molecule has 3 aromatic rings. The van der Waals surface area contributed by atoms with E-state index in [4.69, 9.17) is 10.5 Å². The molecule has 3 aromatic heterocycles. The van der Waals surface area contributed by atoms with Crippen LogP contribution >= 0.6 is 0 Å². The molecule has 0 aromatic carbocycles. The van der Waals surface area contributed by atoms with Crippen LogP contribution in [0.2, 0.25) is 0 Å². The Morgan fingerprint density at radius 1 is 0.795 bits per heavy atom. The molecule has 9 nitrogen and oxygen atoms in total. The molecule has 5 heterocycles. The number of nitrogen functional groups attached to an aromatic ring is 1. The predicted molar refractivity (Wildman–Crippen MR) is 131 cm³/mol. The molecule has 0 unspecified atom stereocenters. The van der Waals surface area contributed by atoms with Crippen LogP contribution < -0.4 is 20.9 Å². The summed E-state index contributed by atoms with van der Waals surface area (Å²) >= 11 is 0. The van der Waals surface area contributed by atoms with Crippen LogP contribution in [0.4, 0.5) is 55.6 Å². The quantitative estimate of drug-likeness (QED) is 0.462. The van der Waals surface area contributed by atoms with E-state index in [0.29, 0.717) is 37.6 Å². The zero-order valence-electron chi connectivity index (χ0n) is 20.5. The number of nitrogens with zero attached hydrogens (tertiary/aromatic N) is 6. The molecule has 1 saturated heterocycles. The standard InChI is InChI=1S/C24H24F6N8O/c25-23(26,27)15-3-4-18(31)34-20(15)35-19-14-5-8-37(21-16(24(28,29)30)2-1-7-32-21)9-6-17(14)33-22(36-19)38-10-12-39-13-11-38/h1-4,7H,5-6,8-13H2,(H3,31,33,34,35,36). The lowest BCUT2D eigenvalue weighted by Gasteiger charge is -2.28. The molecule has 0 saturated carbocycles. The van der Waals surface area contributed by atoms with Gasteiger partial charge >= 0.3 is 12.4 Å².